The Morgan fingerprint density at radius 3 is 2.62 bits per heavy atom. The summed E-state index contributed by atoms with van der Waals surface area (Å²) in [5, 5.41) is 9.46. The molecule has 0 radical (unpaired) electrons. The maximum absolute atomic E-state index is 9.46. The van der Waals surface area contributed by atoms with Crippen molar-refractivity contribution in [2.75, 3.05) is 7.11 Å². The lowest BCUT2D eigenvalue weighted by Gasteiger charge is -2.14. The van der Waals surface area contributed by atoms with Crippen LogP contribution < -0.4 is 10.5 Å². The van der Waals surface area contributed by atoms with Gasteiger partial charge in [-0.15, -0.1) is 0 Å². The van der Waals surface area contributed by atoms with Gasteiger partial charge in [-0.2, -0.15) is 0 Å². The van der Waals surface area contributed by atoms with Gasteiger partial charge in [0.05, 0.1) is 7.11 Å². The van der Waals surface area contributed by atoms with Crippen molar-refractivity contribution in [2.24, 2.45) is 11.7 Å². The number of phenols is 1. The highest BCUT2D eigenvalue weighted by molar-refractivity contribution is 5.41. The number of ether oxygens (including phenoxy) is 1. The number of benzene rings is 1. The second-order valence-corrected chi connectivity index (χ2v) is 4.60. The van der Waals surface area contributed by atoms with E-state index in [2.05, 4.69) is 13.8 Å². The molecule has 0 saturated heterocycles. The highest BCUT2D eigenvalue weighted by Gasteiger charge is 2.08. The van der Waals surface area contributed by atoms with Crippen LogP contribution in [0, 0.1) is 5.92 Å². The molecule has 0 aliphatic rings. The normalized spacial score (nSPS) is 12.8. The Hall–Kier alpha value is -1.22. The Morgan fingerprint density at radius 1 is 1.38 bits per heavy atom. The zero-order valence-electron chi connectivity index (χ0n) is 10.2. The van der Waals surface area contributed by atoms with Crippen LogP contribution in [0.3, 0.4) is 0 Å². The summed E-state index contributed by atoms with van der Waals surface area (Å²) >= 11 is 0. The fourth-order valence-corrected chi connectivity index (χ4v) is 1.84. The molecule has 0 amide bonds. The van der Waals surface area contributed by atoms with Gasteiger partial charge in [0.2, 0.25) is 0 Å². The lowest BCUT2D eigenvalue weighted by atomic mass is 9.98. The van der Waals surface area contributed by atoms with Gasteiger partial charge < -0.3 is 15.6 Å². The van der Waals surface area contributed by atoms with Gasteiger partial charge in [-0.05, 0) is 36.5 Å². The monoisotopic (exact) mass is 223 g/mol. The second kappa shape index (κ2) is 5.75. The molecule has 1 unspecified atom stereocenters. The molecule has 1 aromatic rings. The standard InChI is InChI=1S/C13H21NO2/c1-9(2)6-11(14)7-10-4-5-12(15)13(8-10)16-3/h4-5,8-9,11,15H,6-7,14H2,1-3H3. The van der Waals surface area contributed by atoms with Crippen molar-refractivity contribution in [3.63, 3.8) is 0 Å². The van der Waals surface area contributed by atoms with Crippen molar-refractivity contribution in [3.05, 3.63) is 23.8 Å². The minimum absolute atomic E-state index is 0.161. The van der Waals surface area contributed by atoms with E-state index in [-0.39, 0.29) is 11.8 Å². The summed E-state index contributed by atoms with van der Waals surface area (Å²) in [5.41, 5.74) is 7.13. The molecule has 1 aromatic carbocycles. The molecule has 1 rings (SSSR count). The van der Waals surface area contributed by atoms with Crippen molar-refractivity contribution in [3.8, 4) is 11.5 Å². The maximum Gasteiger partial charge on any atom is 0.160 e. The summed E-state index contributed by atoms with van der Waals surface area (Å²) in [4.78, 5) is 0. The maximum atomic E-state index is 9.46. The first-order chi connectivity index (χ1) is 7.52. The lowest BCUT2D eigenvalue weighted by Crippen LogP contribution is -2.24. The zero-order valence-corrected chi connectivity index (χ0v) is 10.2. The van der Waals surface area contributed by atoms with Crippen LogP contribution in [0.15, 0.2) is 18.2 Å². The largest absolute Gasteiger partial charge is 0.504 e. The Bertz CT molecular complexity index is 337. The first-order valence-electron chi connectivity index (χ1n) is 5.64. The second-order valence-electron chi connectivity index (χ2n) is 4.60. The molecule has 16 heavy (non-hydrogen) atoms. The van der Waals surface area contributed by atoms with E-state index >= 15 is 0 Å². The third kappa shape index (κ3) is 3.74. The molecular formula is C13H21NO2. The first-order valence-corrected chi connectivity index (χ1v) is 5.64. The van der Waals surface area contributed by atoms with Gasteiger partial charge in [0.25, 0.3) is 0 Å². The molecule has 3 N–H and O–H groups in total. The average Bonchev–Trinajstić information content (AvgIpc) is 2.19. The average molecular weight is 223 g/mol. The minimum atomic E-state index is 0.161. The Labute approximate surface area is 97.2 Å². The zero-order chi connectivity index (χ0) is 12.1. The molecule has 1 atom stereocenters. The fraction of sp³-hybridized carbons (Fsp3) is 0.538. The van der Waals surface area contributed by atoms with Crippen LogP contribution in [0.2, 0.25) is 0 Å². The molecule has 0 heterocycles. The van der Waals surface area contributed by atoms with E-state index in [1.165, 1.54) is 0 Å². The lowest BCUT2D eigenvalue weighted by molar-refractivity contribution is 0.372. The molecule has 0 saturated carbocycles. The summed E-state index contributed by atoms with van der Waals surface area (Å²) < 4.78 is 5.06. The summed E-state index contributed by atoms with van der Waals surface area (Å²) in [6.07, 6.45) is 1.82. The number of hydrogen-bond acceptors (Lipinski definition) is 3. The van der Waals surface area contributed by atoms with Crippen molar-refractivity contribution < 1.29 is 9.84 Å². The Morgan fingerprint density at radius 2 is 2.06 bits per heavy atom. The topological polar surface area (TPSA) is 55.5 Å². The Kier molecular flexibility index (Phi) is 4.62. The van der Waals surface area contributed by atoms with Crippen LogP contribution in [0.25, 0.3) is 0 Å². The van der Waals surface area contributed by atoms with Crippen LogP contribution in [0.5, 0.6) is 11.5 Å². The quantitative estimate of drug-likeness (QED) is 0.805. The first kappa shape index (κ1) is 12.8. The summed E-state index contributed by atoms with van der Waals surface area (Å²) in [6.45, 7) is 4.33. The highest BCUT2D eigenvalue weighted by Crippen LogP contribution is 2.26. The molecule has 3 nitrogen and oxygen atoms in total. The molecular weight excluding hydrogens is 202 g/mol. The summed E-state index contributed by atoms with van der Waals surface area (Å²) in [6, 6.07) is 5.54. The van der Waals surface area contributed by atoms with Gasteiger partial charge in [0, 0.05) is 6.04 Å². The van der Waals surface area contributed by atoms with Gasteiger partial charge in [-0.25, -0.2) is 0 Å². The van der Waals surface area contributed by atoms with Crippen LogP contribution in [-0.2, 0) is 6.42 Å². The van der Waals surface area contributed by atoms with E-state index in [1.54, 1.807) is 13.2 Å². The van der Waals surface area contributed by atoms with Crippen LogP contribution in [0.4, 0.5) is 0 Å². The number of methoxy groups -OCH3 is 1. The van der Waals surface area contributed by atoms with E-state index < -0.39 is 0 Å². The van der Waals surface area contributed by atoms with E-state index in [4.69, 9.17) is 10.5 Å². The number of aromatic hydroxyl groups is 1. The molecule has 0 bridgehead atoms. The molecule has 0 fully saturated rings. The third-order valence-corrected chi connectivity index (χ3v) is 2.52. The van der Waals surface area contributed by atoms with Crippen molar-refractivity contribution in [2.45, 2.75) is 32.7 Å². The van der Waals surface area contributed by atoms with Gasteiger partial charge in [-0.1, -0.05) is 19.9 Å². The number of nitrogens with two attached hydrogens (primary N) is 1. The smallest absolute Gasteiger partial charge is 0.160 e. The van der Waals surface area contributed by atoms with Crippen LogP contribution >= 0.6 is 0 Å². The number of rotatable bonds is 5. The molecule has 0 aromatic heterocycles. The predicted octanol–water partition coefficient (Wildman–Crippen LogP) is 2.32. The van der Waals surface area contributed by atoms with Crippen molar-refractivity contribution >= 4 is 0 Å². The Balaban J connectivity index is 2.67. The molecule has 90 valence electrons. The molecule has 3 heteroatoms. The SMILES string of the molecule is COc1cc(CC(N)CC(C)C)ccc1O. The molecule has 0 aliphatic carbocycles. The minimum Gasteiger partial charge on any atom is -0.504 e. The van der Waals surface area contributed by atoms with E-state index in [0.717, 1.165) is 18.4 Å². The van der Waals surface area contributed by atoms with Crippen molar-refractivity contribution in [1.82, 2.24) is 0 Å². The van der Waals surface area contributed by atoms with E-state index in [1.807, 2.05) is 12.1 Å². The van der Waals surface area contributed by atoms with E-state index in [9.17, 15) is 5.11 Å². The van der Waals surface area contributed by atoms with Crippen LogP contribution in [-0.4, -0.2) is 18.3 Å². The third-order valence-electron chi connectivity index (χ3n) is 2.52. The van der Waals surface area contributed by atoms with Gasteiger partial charge in [0.1, 0.15) is 0 Å². The van der Waals surface area contributed by atoms with Gasteiger partial charge >= 0.3 is 0 Å². The van der Waals surface area contributed by atoms with Crippen molar-refractivity contribution in [1.29, 1.82) is 0 Å². The van der Waals surface area contributed by atoms with E-state index in [0.29, 0.717) is 11.7 Å². The van der Waals surface area contributed by atoms with Gasteiger partial charge in [0.15, 0.2) is 11.5 Å². The summed E-state index contributed by atoms with van der Waals surface area (Å²) in [5.74, 6) is 1.28. The van der Waals surface area contributed by atoms with Gasteiger partial charge in [-0.3, -0.25) is 0 Å². The number of hydrogen-bond donors (Lipinski definition) is 2. The number of phenolic OH excluding ortho intramolecular Hbond substituents is 1. The predicted molar refractivity (Wildman–Crippen MR) is 65.8 cm³/mol. The highest BCUT2D eigenvalue weighted by atomic mass is 16.5. The van der Waals surface area contributed by atoms with Crippen LogP contribution in [0.1, 0.15) is 25.8 Å². The molecule has 0 spiro atoms. The summed E-state index contributed by atoms with van der Waals surface area (Å²) in [7, 11) is 1.55. The fourth-order valence-electron chi connectivity index (χ4n) is 1.84. The molecule has 0 aliphatic heterocycles.